The highest BCUT2D eigenvalue weighted by Gasteiger charge is 2.41. The summed E-state index contributed by atoms with van der Waals surface area (Å²) in [5.41, 5.74) is 3.51. The molecule has 1 aromatic carbocycles. The number of halogens is 1. The van der Waals surface area contributed by atoms with Crippen molar-refractivity contribution in [2.24, 2.45) is 0 Å². The number of rotatable bonds is 7. The molecule has 2 rings (SSSR count). The maximum Gasteiger partial charge on any atom is 0.349 e. The number of esters is 1. The van der Waals surface area contributed by atoms with E-state index in [0.717, 1.165) is 65.0 Å². The molecule has 0 amide bonds. The van der Waals surface area contributed by atoms with Crippen molar-refractivity contribution < 1.29 is 19.0 Å². The fraction of sp³-hybridized carbons (Fsp3) is 0.650. The maximum absolute atomic E-state index is 12.1. The van der Waals surface area contributed by atoms with E-state index in [0.29, 0.717) is 6.42 Å². The summed E-state index contributed by atoms with van der Waals surface area (Å²) < 4.78 is 17.2. The molecule has 1 aromatic rings. The van der Waals surface area contributed by atoms with Gasteiger partial charge in [-0.25, -0.2) is 4.79 Å². The van der Waals surface area contributed by atoms with Crippen LogP contribution in [-0.2, 0) is 16.0 Å². The number of carbonyl (C=O) groups excluding carboxylic acids is 1. The minimum Gasteiger partial charge on any atom is -0.493 e. The van der Waals surface area contributed by atoms with E-state index in [9.17, 15) is 4.79 Å². The van der Waals surface area contributed by atoms with Crippen LogP contribution in [0.15, 0.2) is 0 Å². The molecule has 5 heteroatoms. The highest BCUT2D eigenvalue weighted by Crippen LogP contribution is 2.44. The van der Waals surface area contributed by atoms with Crippen molar-refractivity contribution in [2.45, 2.75) is 65.4 Å². The van der Waals surface area contributed by atoms with Gasteiger partial charge in [-0.15, -0.1) is 0 Å². The zero-order valence-corrected chi connectivity index (χ0v) is 17.5. The van der Waals surface area contributed by atoms with Gasteiger partial charge in [-0.3, -0.25) is 0 Å². The third-order valence-corrected chi connectivity index (χ3v) is 5.69. The van der Waals surface area contributed by atoms with Crippen LogP contribution in [0.5, 0.6) is 11.5 Å². The van der Waals surface area contributed by atoms with E-state index >= 15 is 0 Å². The Kier molecular flexibility index (Phi) is 6.78. The van der Waals surface area contributed by atoms with Crippen molar-refractivity contribution in [2.75, 3.05) is 19.0 Å². The first-order chi connectivity index (χ1) is 11.9. The summed E-state index contributed by atoms with van der Waals surface area (Å²) in [6.45, 7) is 8.72. The van der Waals surface area contributed by atoms with E-state index in [-0.39, 0.29) is 5.97 Å². The van der Waals surface area contributed by atoms with Gasteiger partial charge in [-0.05, 0) is 70.1 Å². The second-order valence-electron chi connectivity index (χ2n) is 6.93. The predicted molar refractivity (Wildman–Crippen MR) is 103 cm³/mol. The third kappa shape index (κ3) is 4.13. The molecule has 1 atom stereocenters. The summed E-state index contributed by atoms with van der Waals surface area (Å²) in [5, 5.41) is 1.04. The molecule has 0 radical (unpaired) electrons. The van der Waals surface area contributed by atoms with Crippen molar-refractivity contribution in [1.82, 2.24) is 0 Å². The topological polar surface area (TPSA) is 44.8 Å². The lowest BCUT2D eigenvalue weighted by Crippen LogP contribution is -2.45. The fourth-order valence-corrected chi connectivity index (χ4v) is 3.75. The second kappa shape index (κ2) is 8.43. The van der Waals surface area contributed by atoms with Crippen molar-refractivity contribution in [3.05, 3.63) is 22.3 Å². The van der Waals surface area contributed by atoms with Crippen LogP contribution in [-0.4, -0.2) is 30.6 Å². The number of methoxy groups -OCH3 is 1. The first kappa shape index (κ1) is 20.1. The van der Waals surface area contributed by atoms with Crippen LogP contribution in [0.25, 0.3) is 0 Å². The van der Waals surface area contributed by atoms with Crippen LogP contribution in [0, 0.1) is 20.8 Å². The van der Waals surface area contributed by atoms with E-state index in [4.69, 9.17) is 14.2 Å². The zero-order valence-electron chi connectivity index (χ0n) is 16.0. The van der Waals surface area contributed by atoms with Gasteiger partial charge in [0, 0.05) is 17.3 Å². The molecule has 140 valence electrons. The molecule has 25 heavy (non-hydrogen) atoms. The average molecular weight is 413 g/mol. The number of fused-ring (bicyclic) bond motifs is 1. The lowest BCUT2D eigenvalue weighted by Gasteiger charge is -2.36. The Labute approximate surface area is 159 Å². The van der Waals surface area contributed by atoms with Crippen molar-refractivity contribution in [3.63, 3.8) is 0 Å². The van der Waals surface area contributed by atoms with Gasteiger partial charge in [-0.2, -0.15) is 0 Å². The third-order valence-electron chi connectivity index (χ3n) is 5.13. The summed E-state index contributed by atoms with van der Waals surface area (Å²) in [7, 11) is 1.41. The van der Waals surface area contributed by atoms with Crippen LogP contribution in [0.2, 0.25) is 0 Å². The van der Waals surface area contributed by atoms with Gasteiger partial charge >= 0.3 is 5.97 Å². The number of carbonyl (C=O) groups is 1. The van der Waals surface area contributed by atoms with Gasteiger partial charge in [0.1, 0.15) is 11.5 Å². The van der Waals surface area contributed by atoms with E-state index < -0.39 is 5.60 Å². The standard InChI is InChI=1S/C20H29BrO4/c1-13-14(2)18-16(9-10-20(4,25-18)19(22)23-5)15(3)17(13)24-12-8-6-7-11-21/h6-12H2,1-5H3/t20-/m1/s1. The summed E-state index contributed by atoms with van der Waals surface area (Å²) in [6, 6.07) is 0. The van der Waals surface area contributed by atoms with Crippen LogP contribution < -0.4 is 9.47 Å². The fourth-order valence-electron chi connectivity index (χ4n) is 3.36. The summed E-state index contributed by atoms with van der Waals surface area (Å²) in [5.74, 6) is 1.47. The highest BCUT2D eigenvalue weighted by atomic mass is 79.9. The first-order valence-corrected chi connectivity index (χ1v) is 10.1. The Morgan fingerprint density at radius 2 is 1.88 bits per heavy atom. The van der Waals surface area contributed by atoms with Crippen LogP contribution in [0.4, 0.5) is 0 Å². The van der Waals surface area contributed by atoms with Gasteiger partial charge in [0.2, 0.25) is 5.60 Å². The average Bonchev–Trinajstić information content (AvgIpc) is 2.61. The summed E-state index contributed by atoms with van der Waals surface area (Å²) >= 11 is 3.46. The van der Waals surface area contributed by atoms with Crippen molar-refractivity contribution >= 4 is 21.9 Å². The lowest BCUT2D eigenvalue weighted by atomic mass is 9.87. The maximum atomic E-state index is 12.1. The van der Waals surface area contributed by atoms with Crippen LogP contribution in [0.1, 0.15) is 54.9 Å². The van der Waals surface area contributed by atoms with Gasteiger partial charge < -0.3 is 14.2 Å². The molecule has 0 aliphatic carbocycles. The van der Waals surface area contributed by atoms with E-state index in [1.54, 1.807) is 6.92 Å². The SMILES string of the molecule is COC(=O)[C@@]1(C)CCc2c(C)c(OCCCCCBr)c(C)c(C)c2O1. The van der Waals surface area contributed by atoms with Gasteiger partial charge in [-0.1, -0.05) is 15.9 Å². The number of hydrogen-bond donors (Lipinski definition) is 0. The number of benzene rings is 1. The largest absolute Gasteiger partial charge is 0.493 e. The number of hydrogen-bond acceptors (Lipinski definition) is 4. The molecule has 0 unspecified atom stereocenters. The molecule has 0 bridgehead atoms. The van der Waals surface area contributed by atoms with Crippen molar-refractivity contribution in [3.8, 4) is 11.5 Å². The minimum atomic E-state index is -0.913. The van der Waals surface area contributed by atoms with E-state index in [1.807, 2.05) is 6.92 Å². The Hall–Kier alpha value is -1.23. The Morgan fingerprint density at radius 1 is 1.16 bits per heavy atom. The quantitative estimate of drug-likeness (QED) is 0.366. The molecule has 0 spiro atoms. The number of ether oxygens (including phenoxy) is 3. The van der Waals surface area contributed by atoms with Crippen LogP contribution >= 0.6 is 15.9 Å². The molecule has 4 nitrogen and oxygen atoms in total. The Balaban J connectivity index is 2.26. The molecule has 0 N–H and O–H groups in total. The normalized spacial score (nSPS) is 19.1. The van der Waals surface area contributed by atoms with E-state index in [1.165, 1.54) is 13.5 Å². The van der Waals surface area contributed by atoms with Gasteiger partial charge in [0.05, 0.1) is 13.7 Å². The monoisotopic (exact) mass is 412 g/mol. The summed E-state index contributed by atoms with van der Waals surface area (Å²) in [4.78, 5) is 12.1. The highest BCUT2D eigenvalue weighted by molar-refractivity contribution is 9.09. The molecule has 0 fully saturated rings. The van der Waals surface area contributed by atoms with Gasteiger partial charge in [0.25, 0.3) is 0 Å². The van der Waals surface area contributed by atoms with E-state index in [2.05, 4.69) is 29.8 Å². The molecule has 1 heterocycles. The number of unbranched alkanes of at least 4 members (excludes halogenated alkanes) is 2. The molecule has 1 aliphatic heterocycles. The zero-order chi connectivity index (χ0) is 18.6. The summed E-state index contributed by atoms with van der Waals surface area (Å²) in [6.07, 6.45) is 4.78. The Morgan fingerprint density at radius 3 is 2.52 bits per heavy atom. The molecular weight excluding hydrogens is 384 g/mol. The second-order valence-corrected chi connectivity index (χ2v) is 7.73. The molecule has 0 aromatic heterocycles. The van der Waals surface area contributed by atoms with Gasteiger partial charge in [0.15, 0.2) is 0 Å². The minimum absolute atomic E-state index is 0.319. The molecular formula is C20H29BrO4. The number of alkyl halides is 1. The molecule has 1 aliphatic rings. The van der Waals surface area contributed by atoms with Crippen LogP contribution in [0.3, 0.4) is 0 Å². The first-order valence-electron chi connectivity index (χ1n) is 8.94. The predicted octanol–water partition coefficient (Wildman–Crippen LogP) is 4.81. The Bertz CT molecular complexity index is 641. The lowest BCUT2D eigenvalue weighted by molar-refractivity contribution is -0.159. The molecule has 0 saturated carbocycles. The van der Waals surface area contributed by atoms with Crippen molar-refractivity contribution in [1.29, 1.82) is 0 Å². The molecule has 0 saturated heterocycles. The smallest absolute Gasteiger partial charge is 0.349 e.